The van der Waals surface area contributed by atoms with Gasteiger partial charge in [-0.2, -0.15) is 0 Å². The van der Waals surface area contributed by atoms with E-state index in [-0.39, 0.29) is 24.6 Å². The van der Waals surface area contributed by atoms with E-state index in [0.29, 0.717) is 39.5 Å². The second-order valence-electron chi connectivity index (χ2n) is 8.34. The van der Waals surface area contributed by atoms with Crippen molar-refractivity contribution in [2.75, 3.05) is 23.8 Å². The molecule has 3 aromatic carbocycles. The number of nitrogens with one attached hydrogen (secondary N) is 4. The van der Waals surface area contributed by atoms with Crippen LogP contribution in [0.1, 0.15) is 11.7 Å². The predicted molar refractivity (Wildman–Crippen MR) is 143 cm³/mol. The van der Waals surface area contributed by atoms with E-state index in [9.17, 15) is 14.7 Å². The number of hydrogen-bond donors (Lipinski definition) is 5. The number of ether oxygens (including phenoxy) is 1. The van der Waals surface area contributed by atoms with Gasteiger partial charge >= 0.3 is 0 Å². The molecule has 0 spiro atoms. The van der Waals surface area contributed by atoms with E-state index in [1.165, 1.54) is 6.20 Å². The number of fused-ring (bicyclic) bond motifs is 1. The smallest absolute Gasteiger partial charge is 0.262 e. The van der Waals surface area contributed by atoms with Gasteiger partial charge in [0, 0.05) is 12.7 Å². The molecule has 0 aliphatic heterocycles. The summed E-state index contributed by atoms with van der Waals surface area (Å²) in [6.07, 6.45) is 0.772. The molecule has 1 atom stereocenters. The average Bonchev–Trinajstić information content (AvgIpc) is 3.36. The van der Waals surface area contributed by atoms with Crippen molar-refractivity contribution in [2.24, 2.45) is 0 Å². The number of anilines is 2. The average molecular weight is 496 g/mol. The SMILES string of the molecule is O=C(COc1ccccc1)Nc1cccc2nc(-c3c(NC[C@H](O)c4ccccc4)cc[nH]c3=O)[nH]c12. The maximum atomic E-state index is 12.8. The van der Waals surface area contributed by atoms with Gasteiger partial charge in [0.05, 0.1) is 28.5 Å². The molecule has 0 radical (unpaired) electrons. The zero-order chi connectivity index (χ0) is 25.6. The first kappa shape index (κ1) is 23.8. The summed E-state index contributed by atoms with van der Waals surface area (Å²) >= 11 is 0. The standard InChI is InChI=1S/C28H25N5O4/c34-23(18-8-3-1-4-9-18)16-30-20-14-15-29-28(36)25(20)27-32-22-13-7-12-21(26(22)33-27)31-24(35)17-37-19-10-5-2-6-11-19/h1-15,23,34H,16-17H2,(H,31,35)(H,32,33)(H2,29,30,36)/t23-/m0/s1. The third-order valence-corrected chi connectivity index (χ3v) is 5.77. The fraction of sp³-hybridized carbons (Fsp3) is 0.107. The monoisotopic (exact) mass is 495 g/mol. The molecule has 9 heteroatoms. The van der Waals surface area contributed by atoms with Gasteiger partial charge in [-0.25, -0.2) is 4.98 Å². The second kappa shape index (κ2) is 10.8. The first-order valence-electron chi connectivity index (χ1n) is 11.7. The van der Waals surface area contributed by atoms with Gasteiger partial charge in [0.15, 0.2) is 6.61 Å². The van der Waals surface area contributed by atoms with Crippen LogP contribution >= 0.6 is 0 Å². The molecule has 0 saturated carbocycles. The van der Waals surface area contributed by atoms with Gasteiger partial charge < -0.3 is 30.4 Å². The minimum Gasteiger partial charge on any atom is -0.484 e. The van der Waals surface area contributed by atoms with Crippen molar-refractivity contribution in [1.29, 1.82) is 0 Å². The molecule has 186 valence electrons. The van der Waals surface area contributed by atoms with E-state index in [1.807, 2.05) is 48.5 Å². The number of pyridine rings is 1. The molecular formula is C28H25N5O4. The number of aromatic amines is 2. The van der Waals surface area contributed by atoms with Crippen LogP contribution in [-0.4, -0.2) is 39.1 Å². The second-order valence-corrected chi connectivity index (χ2v) is 8.34. The largest absolute Gasteiger partial charge is 0.484 e. The number of para-hydroxylation sites is 2. The van der Waals surface area contributed by atoms with E-state index < -0.39 is 6.10 Å². The Hall–Kier alpha value is -4.89. The number of H-pyrrole nitrogens is 2. The summed E-state index contributed by atoms with van der Waals surface area (Å²) in [5, 5.41) is 16.5. The number of imidazole rings is 1. The highest BCUT2D eigenvalue weighted by Gasteiger charge is 2.17. The van der Waals surface area contributed by atoms with Crippen LogP contribution in [0.3, 0.4) is 0 Å². The molecule has 5 N–H and O–H groups in total. The molecular weight excluding hydrogens is 470 g/mol. The van der Waals surface area contributed by atoms with Gasteiger partial charge in [0.2, 0.25) is 0 Å². The van der Waals surface area contributed by atoms with E-state index >= 15 is 0 Å². The van der Waals surface area contributed by atoms with Gasteiger partial charge in [0.1, 0.15) is 17.1 Å². The minimum atomic E-state index is -0.760. The van der Waals surface area contributed by atoms with E-state index in [0.717, 1.165) is 5.56 Å². The molecule has 5 aromatic rings. The number of benzene rings is 3. The van der Waals surface area contributed by atoms with Crippen LogP contribution in [0, 0.1) is 0 Å². The summed E-state index contributed by atoms with van der Waals surface area (Å²) in [6, 6.07) is 25.4. The summed E-state index contributed by atoms with van der Waals surface area (Å²) in [5.74, 6) is 0.596. The summed E-state index contributed by atoms with van der Waals surface area (Å²) in [4.78, 5) is 35.8. The lowest BCUT2D eigenvalue weighted by Crippen LogP contribution is -2.20. The van der Waals surface area contributed by atoms with E-state index in [2.05, 4.69) is 25.6 Å². The fourth-order valence-electron chi connectivity index (χ4n) is 3.97. The number of carbonyl (C=O) groups excluding carboxylic acids is 1. The molecule has 0 unspecified atom stereocenters. The lowest BCUT2D eigenvalue weighted by molar-refractivity contribution is -0.118. The number of aliphatic hydroxyl groups excluding tert-OH is 1. The van der Waals surface area contributed by atoms with Crippen LogP contribution < -0.4 is 20.9 Å². The number of hydrogen-bond acceptors (Lipinski definition) is 6. The molecule has 0 bridgehead atoms. The highest BCUT2D eigenvalue weighted by Crippen LogP contribution is 2.28. The third-order valence-electron chi connectivity index (χ3n) is 5.77. The van der Waals surface area contributed by atoms with Crippen molar-refractivity contribution in [3.8, 4) is 17.1 Å². The maximum absolute atomic E-state index is 12.8. The van der Waals surface area contributed by atoms with Crippen LogP contribution in [-0.2, 0) is 4.79 Å². The Balaban J connectivity index is 1.37. The van der Waals surface area contributed by atoms with Crippen LogP contribution in [0.2, 0.25) is 0 Å². The number of rotatable bonds is 9. The maximum Gasteiger partial charge on any atom is 0.262 e. The van der Waals surface area contributed by atoms with Crippen molar-refractivity contribution in [3.63, 3.8) is 0 Å². The van der Waals surface area contributed by atoms with Crippen LogP contribution in [0.25, 0.3) is 22.4 Å². The zero-order valence-corrected chi connectivity index (χ0v) is 19.8. The van der Waals surface area contributed by atoms with Gasteiger partial charge in [0.25, 0.3) is 11.5 Å². The van der Waals surface area contributed by atoms with E-state index in [1.54, 1.807) is 36.4 Å². The number of carbonyl (C=O) groups is 1. The zero-order valence-electron chi connectivity index (χ0n) is 19.8. The molecule has 5 rings (SSSR count). The normalized spacial score (nSPS) is 11.7. The number of amides is 1. The third kappa shape index (κ3) is 5.52. The Labute approximate surface area is 212 Å². The van der Waals surface area contributed by atoms with Crippen LogP contribution in [0.4, 0.5) is 11.4 Å². The molecule has 0 aliphatic rings. The Morgan fingerprint density at radius 2 is 1.70 bits per heavy atom. The quantitative estimate of drug-likeness (QED) is 0.209. The molecule has 0 aliphatic carbocycles. The number of nitrogens with zero attached hydrogens (tertiary/aromatic N) is 1. The molecule has 0 saturated heterocycles. The molecule has 1 amide bonds. The van der Waals surface area contributed by atoms with Crippen molar-refractivity contribution in [1.82, 2.24) is 15.0 Å². The summed E-state index contributed by atoms with van der Waals surface area (Å²) in [6.45, 7) is 0.0426. The van der Waals surface area contributed by atoms with Gasteiger partial charge in [-0.15, -0.1) is 0 Å². The van der Waals surface area contributed by atoms with Crippen LogP contribution in [0.5, 0.6) is 5.75 Å². The van der Waals surface area contributed by atoms with Gasteiger partial charge in [-0.05, 0) is 35.9 Å². The first-order valence-corrected chi connectivity index (χ1v) is 11.7. The molecule has 2 aromatic heterocycles. The van der Waals surface area contributed by atoms with Crippen LogP contribution in [0.15, 0.2) is 95.9 Å². The Kier molecular flexibility index (Phi) is 6.95. The summed E-state index contributed by atoms with van der Waals surface area (Å²) < 4.78 is 5.52. The summed E-state index contributed by atoms with van der Waals surface area (Å²) in [5.41, 5.74) is 2.89. The van der Waals surface area contributed by atoms with Gasteiger partial charge in [-0.1, -0.05) is 54.6 Å². The van der Waals surface area contributed by atoms with Gasteiger partial charge in [-0.3, -0.25) is 9.59 Å². The summed E-state index contributed by atoms with van der Waals surface area (Å²) in [7, 11) is 0. The van der Waals surface area contributed by atoms with E-state index in [4.69, 9.17) is 4.74 Å². The van der Waals surface area contributed by atoms with Crippen molar-refractivity contribution < 1.29 is 14.6 Å². The lowest BCUT2D eigenvalue weighted by atomic mass is 10.1. The van der Waals surface area contributed by atoms with Crippen molar-refractivity contribution in [3.05, 3.63) is 107 Å². The molecule has 9 nitrogen and oxygen atoms in total. The highest BCUT2D eigenvalue weighted by molar-refractivity contribution is 6.01. The van der Waals surface area contributed by atoms with Crippen molar-refractivity contribution in [2.45, 2.75) is 6.10 Å². The molecule has 0 fully saturated rings. The first-order chi connectivity index (χ1) is 18.1. The number of aromatic nitrogens is 3. The fourth-order valence-corrected chi connectivity index (χ4v) is 3.97. The minimum absolute atomic E-state index is 0.155. The Morgan fingerprint density at radius 3 is 2.49 bits per heavy atom. The number of aliphatic hydroxyl groups is 1. The predicted octanol–water partition coefficient (Wildman–Crippen LogP) is 4.08. The molecule has 37 heavy (non-hydrogen) atoms. The topological polar surface area (TPSA) is 132 Å². The van der Waals surface area contributed by atoms with Crippen molar-refractivity contribution >= 4 is 28.3 Å². The lowest BCUT2D eigenvalue weighted by Gasteiger charge is -2.14. The highest BCUT2D eigenvalue weighted by atomic mass is 16.5. The Morgan fingerprint density at radius 1 is 0.946 bits per heavy atom. The molecule has 2 heterocycles. The Bertz CT molecular complexity index is 1560.